The van der Waals surface area contributed by atoms with Crippen LogP contribution in [-0.4, -0.2) is 26.4 Å². The molecule has 1 atom stereocenters. The van der Waals surface area contributed by atoms with Gasteiger partial charge in [-0.05, 0) is 60.2 Å². The number of ether oxygens (including phenoxy) is 1. The van der Waals surface area contributed by atoms with E-state index in [0.717, 1.165) is 10.8 Å². The quantitative estimate of drug-likeness (QED) is 0.369. The van der Waals surface area contributed by atoms with Gasteiger partial charge in [0.2, 0.25) is 10.0 Å². The maximum absolute atomic E-state index is 12.6. The summed E-state index contributed by atoms with van der Waals surface area (Å²) in [5.74, 6) is -0.873. The number of hydrogen-bond acceptors (Lipinski definition) is 6. The summed E-state index contributed by atoms with van der Waals surface area (Å²) < 4.78 is 37.9. The number of benzene rings is 3. The minimum absolute atomic E-state index is 0.00577. The Hall–Kier alpha value is -3.95. The van der Waals surface area contributed by atoms with Gasteiger partial charge in [0.05, 0.1) is 23.3 Å². The Morgan fingerprint density at radius 3 is 2.50 bits per heavy atom. The van der Waals surface area contributed by atoms with Crippen LogP contribution < -0.4 is 10.0 Å². The molecule has 0 aliphatic rings. The van der Waals surface area contributed by atoms with Crippen LogP contribution in [-0.2, 0) is 26.1 Å². The van der Waals surface area contributed by atoms with Crippen LogP contribution in [0, 0.1) is 0 Å². The van der Waals surface area contributed by atoms with E-state index in [1.54, 1.807) is 18.2 Å². The summed E-state index contributed by atoms with van der Waals surface area (Å²) in [4.78, 5) is 25.0. The van der Waals surface area contributed by atoms with Crippen LogP contribution in [0.25, 0.3) is 10.8 Å². The van der Waals surface area contributed by atoms with Crippen molar-refractivity contribution in [1.82, 2.24) is 4.72 Å². The highest BCUT2D eigenvalue weighted by Gasteiger charge is 2.21. The molecule has 9 heteroatoms. The standard InChI is InChI=1S/C25H22N2O6S/c1-17(24(28)27-21-12-11-18-6-2-3-7-19(18)14-21)33-25(29)20-8-4-10-23(15-20)34(30,31)26-16-22-9-5-13-32-22/h2-15,17,26H,16H2,1H3,(H,27,28)/t17-/m1/s1. The average Bonchev–Trinajstić information content (AvgIpc) is 3.36. The van der Waals surface area contributed by atoms with Crippen molar-refractivity contribution in [2.45, 2.75) is 24.5 Å². The van der Waals surface area contributed by atoms with Crippen molar-refractivity contribution in [2.75, 3.05) is 5.32 Å². The normalized spacial score (nSPS) is 12.3. The zero-order valence-electron chi connectivity index (χ0n) is 18.2. The molecule has 0 aliphatic carbocycles. The molecule has 1 heterocycles. The molecule has 2 N–H and O–H groups in total. The number of carbonyl (C=O) groups excluding carboxylic acids is 2. The van der Waals surface area contributed by atoms with Gasteiger partial charge in [-0.1, -0.05) is 36.4 Å². The van der Waals surface area contributed by atoms with E-state index in [0.29, 0.717) is 11.4 Å². The zero-order valence-corrected chi connectivity index (χ0v) is 19.0. The predicted octanol–water partition coefficient (Wildman–Crippen LogP) is 4.10. The first-order valence-corrected chi connectivity index (χ1v) is 11.9. The van der Waals surface area contributed by atoms with Crippen LogP contribution >= 0.6 is 0 Å². The van der Waals surface area contributed by atoms with Gasteiger partial charge in [-0.15, -0.1) is 0 Å². The van der Waals surface area contributed by atoms with Crippen LogP contribution in [0.5, 0.6) is 0 Å². The SMILES string of the molecule is C[C@@H](OC(=O)c1cccc(S(=O)(=O)NCc2ccco2)c1)C(=O)Nc1ccc2ccccc2c1. The second kappa shape index (κ2) is 9.90. The molecule has 0 unspecified atom stereocenters. The molecule has 0 saturated heterocycles. The Bertz CT molecular complexity index is 1430. The van der Waals surface area contributed by atoms with E-state index in [9.17, 15) is 18.0 Å². The maximum Gasteiger partial charge on any atom is 0.338 e. The highest BCUT2D eigenvalue weighted by Crippen LogP contribution is 2.19. The first kappa shape index (κ1) is 23.2. The number of rotatable bonds is 8. The van der Waals surface area contributed by atoms with E-state index in [4.69, 9.17) is 9.15 Å². The molecule has 0 radical (unpaired) electrons. The van der Waals surface area contributed by atoms with E-state index in [-0.39, 0.29) is 17.0 Å². The summed E-state index contributed by atoms with van der Waals surface area (Å²) in [6, 6.07) is 21.9. The molecule has 34 heavy (non-hydrogen) atoms. The summed E-state index contributed by atoms with van der Waals surface area (Å²) in [6.07, 6.45) is 0.341. The largest absolute Gasteiger partial charge is 0.468 e. The highest BCUT2D eigenvalue weighted by atomic mass is 32.2. The highest BCUT2D eigenvalue weighted by molar-refractivity contribution is 7.89. The Labute approximate surface area is 196 Å². The van der Waals surface area contributed by atoms with Crippen molar-refractivity contribution in [3.8, 4) is 0 Å². The van der Waals surface area contributed by atoms with E-state index in [1.165, 1.54) is 37.5 Å². The molecule has 3 aromatic carbocycles. The van der Waals surface area contributed by atoms with Gasteiger partial charge in [0, 0.05) is 5.69 Å². The number of hydrogen-bond donors (Lipinski definition) is 2. The Balaban J connectivity index is 1.39. The Kier molecular flexibility index (Phi) is 6.76. The van der Waals surface area contributed by atoms with E-state index >= 15 is 0 Å². The summed E-state index contributed by atoms with van der Waals surface area (Å²) in [7, 11) is -3.89. The third-order valence-corrected chi connectivity index (χ3v) is 6.47. The van der Waals surface area contributed by atoms with Gasteiger partial charge in [-0.2, -0.15) is 0 Å². The number of nitrogens with one attached hydrogen (secondary N) is 2. The van der Waals surface area contributed by atoms with E-state index in [2.05, 4.69) is 10.0 Å². The molecular weight excluding hydrogens is 456 g/mol. The number of anilines is 1. The van der Waals surface area contributed by atoms with Crippen LogP contribution in [0.15, 0.2) is 94.4 Å². The molecule has 1 aromatic heterocycles. The number of sulfonamides is 1. The van der Waals surface area contributed by atoms with Gasteiger partial charge in [0.25, 0.3) is 5.91 Å². The maximum atomic E-state index is 12.6. The minimum atomic E-state index is -3.89. The van der Waals surface area contributed by atoms with Crippen LogP contribution in [0.1, 0.15) is 23.0 Å². The topological polar surface area (TPSA) is 115 Å². The van der Waals surface area contributed by atoms with Crippen LogP contribution in [0.4, 0.5) is 5.69 Å². The molecule has 0 spiro atoms. The van der Waals surface area contributed by atoms with E-state index in [1.807, 2.05) is 36.4 Å². The molecule has 4 aromatic rings. The molecule has 4 rings (SSSR count). The summed E-state index contributed by atoms with van der Waals surface area (Å²) in [5, 5.41) is 4.72. The lowest BCUT2D eigenvalue weighted by Gasteiger charge is -2.14. The van der Waals surface area contributed by atoms with Gasteiger partial charge in [-0.3, -0.25) is 4.79 Å². The average molecular weight is 479 g/mol. The van der Waals surface area contributed by atoms with Crippen molar-refractivity contribution in [3.63, 3.8) is 0 Å². The van der Waals surface area contributed by atoms with Crippen LogP contribution in [0.2, 0.25) is 0 Å². The summed E-state index contributed by atoms with van der Waals surface area (Å²) in [6.45, 7) is 1.41. The van der Waals surface area contributed by atoms with Gasteiger partial charge in [0.1, 0.15) is 5.76 Å². The molecule has 0 bridgehead atoms. The second-order valence-electron chi connectivity index (χ2n) is 7.53. The van der Waals surface area contributed by atoms with Crippen LogP contribution in [0.3, 0.4) is 0 Å². The molecule has 0 saturated carbocycles. The molecule has 0 fully saturated rings. The Morgan fingerprint density at radius 1 is 0.941 bits per heavy atom. The Morgan fingerprint density at radius 2 is 1.74 bits per heavy atom. The third-order valence-electron chi connectivity index (χ3n) is 5.07. The monoisotopic (exact) mass is 478 g/mol. The van der Waals surface area contributed by atoms with Crippen molar-refractivity contribution in [3.05, 3.63) is 96.4 Å². The molecule has 0 aliphatic heterocycles. The minimum Gasteiger partial charge on any atom is -0.468 e. The number of carbonyl (C=O) groups is 2. The number of amides is 1. The zero-order chi connectivity index (χ0) is 24.1. The van der Waals surface area contributed by atoms with Gasteiger partial charge >= 0.3 is 5.97 Å². The molecule has 174 valence electrons. The molecule has 8 nitrogen and oxygen atoms in total. The summed E-state index contributed by atoms with van der Waals surface area (Å²) >= 11 is 0. The van der Waals surface area contributed by atoms with Gasteiger partial charge < -0.3 is 14.5 Å². The lowest BCUT2D eigenvalue weighted by atomic mass is 10.1. The van der Waals surface area contributed by atoms with Gasteiger partial charge in [0.15, 0.2) is 6.10 Å². The van der Waals surface area contributed by atoms with Crippen molar-refractivity contribution < 1.29 is 27.2 Å². The fraction of sp³-hybridized carbons (Fsp3) is 0.120. The second-order valence-corrected chi connectivity index (χ2v) is 9.30. The molecular formula is C25H22N2O6S. The fourth-order valence-electron chi connectivity index (χ4n) is 3.25. The lowest BCUT2D eigenvalue weighted by molar-refractivity contribution is -0.123. The first-order valence-electron chi connectivity index (χ1n) is 10.4. The molecule has 1 amide bonds. The number of furan rings is 1. The lowest BCUT2D eigenvalue weighted by Crippen LogP contribution is -2.30. The third kappa shape index (κ3) is 5.51. The van der Waals surface area contributed by atoms with Crippen molar-refractivity contribution in [2.24, 2.45) is 0 Å². The predicted molar refractivity (Wildman–Crippen MR) is 127 cm³/mol. The number of esters is 1. The summed E-state index contributed by atoms with van der Waals surface area (Å²) in [5.41, 5.74) is 0.577. The van der Waals surface area contributed by atoms with Gasteiger partial charge in [-0.25, -0.2) is 17.9 Å². The first-order chi connectivity index (χ1) is 16.3. The smallest absolute Gasteiger partial charge is 0.338 e. The number of fused-ring (bicyclic) bond motifs is 1. The van der Waals surface area contributed by atoms with E-state index < -0.39 is 28.0 Å². The van der Waals surface area contributed by atoms with Crippen molar-refractivity contribution in [1.29, 1.82) is 0 Å². The van der Waals surface area contributed by atoms with Crippen molar-refractivity contribution >= 4 is 38.4 Å². The fourth-order valence-corrected chi connectivity index (χ4v) is 4.28.